The lowest BCUT2D eigenvalue weighted by Crippen LogP contribution is -2.37. The third kappa shape index (κ3) is 8.46. The Labute approximate surface area is 188 Å². The summed E-state index contributed by atoms with van der Waals surface area (Å²) in [5.41, 5.74) is 1.26. The topological polar surface area (TPSA) is 121 Å². The quantitative estimate of drug-likeness (QED) is 0.289. The fourth-order valence-electron chi connectivity index (χ4n) is 2.76. The summed E-state index contributed by atoms with van der Waals surface area (Å²) in [4.78, 5) is 16.4. The molecule has 2 aromatic rings. The van der Waals surface area contributed by atoms with Crippen molar-refractivity contribution < 1.29 is 30.8 Å². The van der Waals surface area contributed by atoms with Crippen LogP contribution in [-0.4, -0.2) is 62.7 Å². The number of oxazole rings is 1. The average molecular weight is 492 g/mol. The third-order valence-electron chi connectivity index (χ3n) is 4.56. The molecule has 0 aliphatic carbocycles. The Hall–Kier alpha value is -1.59. The van der Waals surface area contributed by atoms with Gasteiger partial charge < -0.3 is 9.15 Å². The number of rotatable bonds is 14. The minimum Gasteiger partial charge on any atom is -0.464 e. The van der Waals surface area contributed by atoms with Crippen LogP contribution in [0, 0.1) is 0 Å². The van der Waals surface area contributed by atoms with Gasteiger partial charge in [0.2, 0.25) is 0 Å². The van der Waals surface area contributed by atoms with Gasteiger partial charge in [-0.15, -0.1) is 0 Å². The second-order valence-electron chi connectivity index (χ2n) is 7.23. The number of esters is 1. The van der Waals surface area contributed by atoms with E-state index in [-0.39, 0.29) is 17.3 Å². The van der Waals surface area contributed by atoms with Crippen LogP contribution >= 0.6 is 11.8 Å². The highest BCUT2D eigenvalue weighted by atomic mass is 32.2. The van der Waals surface area contributed by atoms with Crippen molar-refractivity contribution in [2.75, 3.05) is 29.6 Å². The van der Waals surface area contributed by atoms with Gasteiger partial charge in [-0.05, 0) is 25.0 Å². The van der Waals surface area contributed by atoms with Crippen LogP contribution in [0.15, 0.2) is 33.9 Å². The molecule has 8 nitrogen and oxygen atoms in total. The maximum Gasteiger partial charge on any atom is 0.316 e. The predicted molar refractivity (Wildman–Crippen MR) is 122 cm³/mol. The molecule has 1 aromatic carbocycles. The number of unbranched alkanes of at least 4 members (excludes halogenated alkanes) is 2. The number of fused-ring (bicyclic) bond motifs is 1. The van der Waals surface area contributed by atoms with Gasteiger partial charge >= 0.3 is 5.97 Å². The van der Waals surface area contributed by atoms with Gasteiger partial charge in [-0.3, -0.25) is 4.79 Å². The van der Waals surface area contributed by atoms with E-state index in [0.717, 1.165) is 11.8 Å². The SMILES string of the molecule is CCCCS(=O)(=O)CC(COC(=O)CSc1nc2ccccc2o1)S(=O)(=O)CCCC. The number of thioether (sulfide) groups is 1. The molecule has 1 unspecified atom stereocenters. The van der Waals surface area contributed by atoms with Crippen LogP contribution in [0.5, 0.6) is 0 Å². The number of benzene rings is 1. The largest absolute Gasteiger partial charge is 0.464 e. The highest BCUT2D eigenvalue weighted by Gasteiger charge is 2.31. The summed E-state index contributed by atoms with van der Waals surface area (Å²) in [5, 5.41) is -0.966. The van der Waals surface area contributed by atoms with Crippen molar-refractivity contribution in [3.63, 3.8) is 0 Å². The first-order valence-corrected chi connectivity index (χ1v) is 14.7. The van der Waals surface area contributed by atoms with E-state index in [1.165, 1.54) is 0 Å². The smallest absolute Gasteiger partial charge is 0.316 e. The summed E-state index contributed by atoms with van der Waals surface area (Å²) in [7, 11) is -7.29. The zero-order valence-electron chi connectivity index (χ0n) is 17.8. The van der Waals surface area contributed by atoms with Crippen molar-refractivity contribution >= 4 is 48.5 Å². The lowest BCUT2D eigenvalue weighted by Gasteiger charge is -2.18. The van der Waals surface area contributed by atoms with Gasteiger partial charge in [0.05, 0.1) is 17.3 Å². The number of para-hydroxylation sites is 2. The first-order valence-electron chi connectivity index (χ1n) is 10.2. The van der Waals surface area contributed by atoms with Crippen LogP contribution in [0.25, 0.3) is 11.1 Å². The Morgan fingerprint density at radius 1 is 1.10 bits per heavy atom. The van der Waals surface area contributed by atoms with E-state index in [1.54, 1.807) is 12.1 Å². The van der Waals surface area contributed by atoms with Gasteiger partial charge in [-0.1, -0.05) is 50.6 Å². The minimum absolute atomic E-state index is 0.0786. The number of sulfone groups is 2. The van der Waals surface area contributed by atoms with E-state index in [4.69, 9.17) is 9.15 Å². The molecule has 0 fully saturated rings. The molecule has 0 bridgehead atoms. The van der Waals surface area contributed by atoms with Crippen LogP contribution in [0.4, 0.5) is 0 Å². The molecule has 1 atom stereocenters. The first kappa shape index (κ1) is 25.7. The predicted octanol–water partition coefficient (Wildman–Crippen LogP) is 3.26. The van der Waals surface area contributed by atoms with Crippen LogP contribution in [0.3, 0.4) is 0 Å². The van der Waals surface area contributed by atoms with E-state index in [0.29, 0.717) is 42.0 Å². The standard InChI is InChI=1S/C20H29NO7S3/c1-3-5-11-30(23,24)15-16(31(25,26)12-6-4-2)13-27-19(22)14-29-20-21-17-9-7-8-10-18(17)28-20/h7-10,16H,3-6,11-15H2,1-2H3. The molecule has 1 heterocycles. The highest BCUT2D eigenvalue weighted by Crippen LogP contribution is 2.23. The number of hydrogen-bond donors (Lipinski definition) is 0. The number of hydrogen-bond acceptors (Lipinski definition) is 9. The summed E-state index contributed by atoms with van der Waals surface area (Å²) in [5.74, 6) is -1.53. The minimum atomic E-state index is -3.72. The van der Waals surface area contributed by atoms with E-state index in [2.05, 4.69) is 4.98 Å². The van der Waals surface area contributed by atoms with Crippen molar-refractivity contribution in [1.29, 1.82) is 0 Å². The molecule has 0 amide bonds. The van der Waals surface area contributed by atoms with Gasteiger partial charge in [0.15, 0.2) is 25.3 Å². The zero-order chi connectivity index (χ0) is 22.9. The number of nitrogens with zero attached hydrogens (tertiary/aromatic N) is 1. The van der Waals surface area contributed by atoms with Crippen LogP contribution in [0.2, 0.25) is 0 Å². The first-order chi connectivity index (χ1) is 14.7. The second kappa shape index (κ2) is 11.9. The summed E-state index contributed by atoms with van der Waals surface area (Å²) in [6, 6.07) is 7.17. The Morgan fingerprint density at radius 3 is 2.45 bits per heavy atom. The van der Waals surface area contributed by atoms with Crippen molar-refractivity contribution in [2.45, 2.75) is 50.0 Å². The molecule has 31 heavy (non-hydrogen) atoms. The van der Waals surface area contributed by atoms with Gasteiger partial charge in [-0.2, -0.15) is 0 Å². The third-order valence-corrected chi connectivity index (χ3v) is 9.57. The lowest BCUT2D eigenvalue weighted by molar-refractivity contribution is -0.140. The Morgan fingerprint density at radius 2 is 1.77 bits per heavy atom. The van der Waals surface area contributed by atoms with Crippen LogP contribution in [-0.2, 0) is 29.2 Å². The number of aromatic nitrogens is 1. The van der Waals surface area contributed by atoms with Crippen molar-refractivity contribution in [3.8, 4) is 0 Å². The molecule has 0 aliphatic rings. The van der Waals surface area contributed by atoms with Crippen molar-refractivity contribution in [1.82, 2.24) is 4.98 Å². The Bertz CT molecular complexity index is 1030. The highest BCUT2D eigenvalue weighted by molar-refractivity contribution is 7.99. The number of carbonyl (C=O) groups is 1. The molecule has 2 rings (SSSR count). The van der Waals surface area contributed by atoms with Gasteiger partial charge in [0, 0.05) is 0 Å². The molecular weight excluding hydrogens is 462 g/mol. The summed E-state index contributed by atoms with van der Waals surface area (Å²) in [6.07, 6.45) is 2.24. The molecule has 0 spiro atoms. The van der Waals surface area contributed by atoms with Crippen LogP contribution < -0.4 is 0 Å². The second-order valence-corrected chi connectivity index (χ2v) is 12.8. The fourth-order valence-corrected chi connectivity index (χ4v) is 7.70. The lowest BCUT2D eigenvalue weighted by atomic mass is 10.3. The molecular formula is C20H29NO7S3. The van der Waals surface area contributed by atoms with Gasteiger partial charge in [0.1, 0.15) is 23.1 Å². The van der Waals surface area contributed by atoms with Gasteiger partial charge in [-0.25, -0.2) is 21.8 Å². The van der Waals surface area contributed by atoms with E-state index >= 15 is 0 Å². The van der Waals surface area contributed by atoms with Crippen molar-refractivity contribution in [2.24, 2.45) is 0 Å². The molecule has 0 aliphatic heterocycles. The monoisotopic (exact) mass is 491 g/mol. The zero-order valence-corrected chi connectivity index (χ0v) is 20.2. The maximum absolute atomic E-state index is 12.6. The maximum atomic E-state index is 12.6. The van der Waals surface area contributed by atoms with Crippen molar-refractivity contribution in [3.05, 3.63) is 24.3 Å². The van der Waals surface area contributed by atoms with E-state index < -0.39 is 43.3 Å². The number of carbonyl (C=O) groups excluding carboxylic acids is 1. The molecule has 1 aromatic heterocycles. The Balaban J connectivity index is 1.97. The van der Waals surface area contributed by atoms with Crippen LogP contribution in [0.1, 0.15) is 39.5 Å². The summed E-state index contributed by atoms with van der Waals surface area (Å²) in [6.45, 7) is 3.23. The fraction of sp³-hybridized carbons (Fsp3) is 0.600. The summed E-state index contributed by atoms with van der Waals surface area (Å²) < 4.78 is 60.6. The summed E-state index contributed by atoms with van der Waals surface area (Å²) >= 11 is 1.03. The normalized spacial score (nSPS) is 13.4. The molecule has 0 N–H and O–H groups in total. The number of ether oxygens (including phenoxy) is 1. The molecule has 0 radical (unpaired) electrons. The molecule has 11 heteroatoms. The van der Waals surface area contributed by atoms with E-state index in [1.807, 2.05) is 26.0 Å². The van der Waals surface area contributed by atoms with E-state index in [9.17, 15) is 21.6 Å². The molecule has 0 saturated heterocycles. The average Bonchev–Trinajstić information content (AvgIpc) is 3.15. The molecule has 0 saturated carbocycles. The Kier molecular flexibility index (Phi) is 9.83. The van der Waals surface area contributed by atoms with Gasteiger partial charge in [0.25, 0.3) is 5.22 Å². The molecule has 174 valence electrons.